The Bertz CT molecular complexity index is 486. The van der Waals surface area contributed by atoms with Crippen LogP contribution >= 0.6 is 11.6 Å². The zero-order chi connectivity index (χ0) is 16.8. The highest BCUT2D eigenvalue weighted by Gasteiger charge is 2.32. The van der Waals surface area contributed by atoms with Crippen molar-refractivity contribution in [2.45, 2.75) is 34.1 Å². The molecule has 6 nitrogen and oxygen atoms in total. The van der Waals surface area contributed by atoms with Crippen LogP contribution in [0, 0.1) is 11.3 Å². The number of anilines is 1. The van der Waals surface area contributed by atoms with E-state index >= 15 is 0 Å². The molecule has 0 radical (unpaired) electrons. The van der Waals surface area contributed by atoms with E-state index in [1.165, 1.54) is 6.26 Å². The Morgan fingerprint density at radius 2 is 2.14 bits per heavy atom. The van der Waals surface area contributed by atoms with E-state index in [9.17, 15) is 9.59 Å². The van der Waals surface area contributed by atoms with Crippen LogP contribution in [-0.4, -0.2) is 40.8 Å². The molecule has 0 atom stereocenters. The summed E-state index contributed by atoms with van der Waals surface area (Å²) < 4.78 is 4.66. The van der Waals surface area contributed by atoms with Crippen LogP contribution in [-0.2, 0) is 9.59 Å². The molecule has 0 fully saturated rings. The Hall–Kier alpha value is -1.56. The molecule has 7 heteroatoms. The summed E-state index contributed by atoms with van der Waals surface area (Å²) in [5.74, 6) is 0.537. The molecule has 0 aliphatic heterocycles. The molecule has 22 heavy (non-hydrogen) atoms. The van der Waals surface area contributed by atoms with Gasteiger partial charge in [-0.1, -0.05) is 19.0 Å². The van der Waals surface area contributed by atoms with E-state index in [0.29, 0.717) is 18.3 Å². The van der Waals surface area contributed by atoms with Crippen molar-refractivity contribution in [3.05, 3.63) is 12.3 Å². The van der Waals surface area contributed by atoms with Gasteiger partial charge in [0.2, 0.25) is 11.8 Å². The fourth-order valence-electron chi connectivity index (χ4n) is 1.78. The van der Waals surface area contributed by atoms with E-state index in [2.05, 4.69) is 28.8 Å². The number of carbonyl (C=O) groups is 2. The highest BCUT2D eigenvalue weighted by atomic mass is 35.5. The van der Waals surface area contributed by atoms with Gasteiger partial charge in [-0.15, -0.1) is 11.6 Å². The minimum absolute atomic E-state index is 0.0290. The third-order valence-corrected chi connectivity index (χ3v) is 3.88. The number of aromatic nitrogens is 1. The molecule has 0 unspecified atom stereocenters. The molecule has 0 saturated carbocycles. The van der Waals surface area contributed by atoms with Crippen molar-refractivity contribution in [3.63, 3.8) is 0 Å². The van der Waals surface area contributed by atoms with Crippen molar-refractivity contribution in [2.75, 3.05) is 24.3 Å². The van der Waals surface area contributed by atoms with Gasteiger partial charge in [-0.3, -0.25) is 9.59 Å². The van der Waals surface area contributed by atoms with Crippen LogP contribution in [0.1, 0.15) is 34.1 Å². The lowest BCUT2D eigenvalue weighted by molar-refractivity contribution is -0.141. The maximum absolute atomic E-state index is 12.6. The second kappa shape index (κ2) is 8.17. The Labute approximate surface area is 136 Å². The van der Waals surface area contributed by atoms with Crippen molar-refractivity contribution in [3.8, 4) is 0 Å². The normalized spacial score (nSPS) is 11.5. The molecule has 1 N–H and O–H groups in total. The van der Waals surface area contributed by atoms with Gasteiger partial charge in [-0.25, -0.2) is 0 Å². The predicted molar refractivity (Wildman–Crippen MR) is 85.7 cm³/mol. The van der Waals surface area contributed by atoms with Gasteiger partial charge in [-0.05, 0) is 26.2 Å². The third kappa shape index (κ3) is 5.67. The first-order chi connectivity index (χ1) is 10.3. The largest absolute Gasteiger partial charge is 0.363 e. The van der Waals surface area contributed by atoms with E-state index in [0.717, 1.165) is 6.42 Å². The van der Waals surface area contributed by atoms with Crippen LogP contribution in [0.4, 0.5) is 5.82 Å². The molecule has 2 amide bonds. The van der Waals surface area contributed by atoms with Crippen molar-refractivity contribution >= 4 is 29.2 Å². The molecular formula is C15H24ClN3O3. The molecular weight excluding hydrogens is 306 g/mol. The lowest BCUT2D eigenvalue weighted by atomic mass is 9.94. The van der Waals surface area contributed by atoms with Crippen LogP contribution in [0.15, 0.2) is 16.9 Å². The van der Waals surface area contributed by atoms with Gasteiger partial charge < -0.3 is 14.7 Å². The van der Waals surface area contributed by atoms with Gasteiger partial charge in [0.15, 0.2) is 5.82 Å². The summed E-state index contributed by atoms with van der Waals surface area (Å²) in [6, 6.07) is 1.54. The molecule has 1 aromatic rings. The topological polar surface area (TPSA) is 75.4 Å². The quantitative estimate of drug-likeness (QED) is 0.744. The number of hydrogen-bond donors (Lipinski definition) is 1. The zero-order valence-electron chi connectivity index (χ0n) is 13.6. The molecule has 124 valence electrons. The van der Waals surface area contributed by atoms with E-state index in [1.54, 1.807) is 24.8 Å². The number of alkyl halides is 1. The fraction of sp³-hybridized carbons (Fsp3) is 0.667. The first kappa shape index (κ1) is 18.5. The molecule has 1 aromatic heterocycles. The van der Waals surface area contributed by atoms with Crippen LogP contribution in [0.5, 0.6) is 0 Å². The third-order valence-electron chi connectivity index (χ3n) is 3.22. The second-order valence-corrected chi connectivity index (χ2v) is 6.63. The second-order valence-electron chi connectivity index (χ2n) is 6.36. The maximum atomic E-state index is 12.6. The summed E-state index contributed by atoms with van der Waals surface area (Å²) in [5, 5.41) is 6.21. The van der Waals surface area contributed by atoms with Crippen LogP contribution < -0.4 is 5.32 Å². The van der Waals surface area contributed by atoms with Gasteiger partial charge in [0.05, 0.1) is 12.0 Å². The first-order valence-electron chi connectivity index (χ1n) is 7.32. The predicted octanol–water partition coefficient (Wildman–Crippen LogP) is 2.75. The fourth-order valence-corrected chi connectivity index (χ4v) is 1.90. The lowest BCUT2D eigenvalue weighted by Gasteiger charge is -2.30. The van der Waals surface area contributed by atoms with Crippen molar-refractivity contribution in [1.82, 2.24) is 10.1 Å². The number of hydrogen-bond acceptors (Lipinski definition) is 4. The van der Waals surface area contributed by atoms with E-state index in [1.807, 2.05) is 0 Å². The SMILES string of the molecule is CC(C)CCN(CC(=O)Nc1ccon1)C(=O)C(C)(C)CCl. The molecule has 1 rings (SSSR count). The van der Waals surface area contributed by atoms with Gasteiger partial charge in [-0.2, -0.15) is 0 Å². The molecule has 0 aliphatic carbocycles. The number of nitrogens with one attached hydrogen (secondary N) is 1. The summed E-state index contributed by atoms with van der Waals surface area (Å²) in [7, 11) is 0. The maximum Gasteiger partial charge on any atom is 0.245 e. The highest BCUT2D eigenvalue weighted by molar-refractivity contribution is 6.19. The Balaban J connectivity index is 2.72. The van der Waals surface area contributed by atoms with Gasteiger partial charge in [0.1, 0.15) is 6.26 Å². The Kier molecular flexibility index (Phi) is 6.87. The molecule has 0 aliphatic rings. The minimum Gasteiger partial charge on any atom is -0.363 e. The standard InChI is InChI=1S/C15H24ClN3O3/c1-11(2)5-7-19(14(21)15(3,4)10-16)9-13(20)17-12-6-8-22-18-12/h6,8,11H,5,7,9-10H2,1-4H3,(H,17,18,20). The average molecular weight is 330 g/mol. The van der Waals surface area contributed by atoms with Crippen molar-refractivity contribution in [2.24, 2.45) is 11.3 Å². The highest BCUT2D eigenvalue weighted by Crippen LogP contribution is 2.21. The van der Waals surface area contributed by atoms with Gasteiger partial charge >= 0.3 is 0 Å². The molecule has 0 aromatic carbocycles. The number of carbonyl (C=O) groups excluding carboxylic acids is 2. The van der Waals surface area contributed by atoms with E-state index in [-0.39, 0.29) is 24.2 Å². The Morgan fingerprint density at radius 1 is 1.45 bits per heavy atom. The minimum atomic E-state index is -0.702. The average Bonchev–Trinajstić information content (AvgIpc) is 2.95. The Morgan fingerprint density at radius 3 is 2.64 bits per heavy atom. The van der Waals surface area contributed by atoms with Crippen molar-refractivity contribution < 1.29 is 14.1 Å². The zero-order valence-corrected chi connectivity index (χ0v) is 14.3. The molecule has 0 saturated heterocycles. The summed E-state index contributed by atoms with van der Waals surface area (Å²) in [5.41, 5.74) is -0.702. The smallest absolute Gasteiger partial charge is 0.245 e. The van der Waals surface area contributed by atoms with Gasteiger partial charge in [0, 0.05) is 18.5 Å². The summed E-state index contributed by atoms with van der Waals surface area (Å²) >= 11 is 5.88. The summed E-state index contributed by atoms with van der Waals surface area (Å²) in [6.07, 6.45) is 2.19. The molecule has 0 spiro atoms. The van der Waals surface area contributed by atoms with Crippen LogP contribution in [0.2, 0.25) is 0 Å². The van der Waals surface area contributed by atoms with Crippen molar-refractivity contribution in [1.29, 1.82) is 0 Å². The first-order valence-corrected chi connectivity index (χ1v) is 7.85. The summed E-state index contributed by atoms with van der Waals surface area (Å²) in [4.78, 5) is 26.2. The van der Waals surface area contributed by atoms with Crippen LogP contribution in [0.3, 0.4) is 0 Å². The monoisotopic (exact) mass is 329 g/mol. The number of nitrogens with zero attached hydrogens (tertiary/aromatic N) is 2. The summed E-state index contributed by atoms with van der Waals surface area (Å²) in [6.45, 7) is 8.19. The lowest BCUT2D eigenvalue weighted by Crippen LogP contribution is -2.46. The number of rotatable bonds is 8. The van der Waals surface area contributed by atoms with E-state index < -0.39 is 5.41 Å². The van der Waals surface area contributed by atoms with E-state index in [4.69, 9.17) is 11.6 Å². The number of amides is 2. The molecule has 0 bridgehead atoms. The number of halogens is 1. The van der Waals surface area contributed by atoms with Crippen LogP contribution in [0.25, 0.3) is 0 Å². The van der Waals surface area contributed by atoms with Gasteiger partial charge in [0.25, 0.3) is 0 Å². The molecule has 1 heterocycles.